The molecule has 1 N–H and O–H groups in total. The Morgan fingerprint density at radius 2 is 1.70 bits per heavy atom. The SMILES string of the molecule is O=C(O)C1CCN(CC(=O)N(C2CCCC2)C2CC2)C1. The van der Waals surface area contributed by atoms with Gasteiger partial charge in [-0.1, -0.05) is 12.8 Å². The summed E-state index contributed by atoms with van der Waals surface area (Å²) in [4.78, 5) is 27.7. The third-order valence-electron chi connectivity index (χ3n) is 4.93. The molecule has 2 saturated carbocycles. The van der Waals surface area contributed by atoms with E-state index in [0.29, 0.717) is 31.6 Å². The second-order valence-corrected chi connectivity index (χ2v) is 6.53. The highest BCUT2D eigenvalue weighted by Gasteiger charge is 2.39. The largest absolute Gasteiger partial charge is 0.481 e. The highest BCUT2D eigenvalue weighted by molar-refractivity contribution is 5.79. The summed E-state index contributed by atoms with van der Waals surface area (Å²) in [5, 5.41) is 9.02. The summed E-state index contributed by atoms with van der Waals surface area (Å²) < 4.78 is 0. The van der Waals surface area contributed by atoms with Crippen LogP contribution in [0, 0.1) is 5.92 Å². The van der Waals surface area contributed by atoms with Crippen LogP contribution in [-0.4, -0.2) is 58.5 Å². The molecule has 3 aliphatic rings. The Hall–Kier alpha value is -1.10. The highest BCUT2D eigenvalue weighted by atomic mass is 16.4. The Morgan fingerprint density at radius 1 is 1.05 bits per heavy atom. The van der Waals surface area contributed by atoms with E-state index in [0.717, 1.165) is 32.2 Å². The topological polar surface area (TPSA) is 60.9 Å². The van der Waals surface area contributed by atoms with E-state index in [1.165, 1.54) is 12.8 Å². The van der Waals surface area contributed by atoms with Gasteiger partial charge in [-0.25, -0.2) is 0 Å². The summed E-state index contributed by atoms with van der Waals surface area (Å²) in [6.07, 6.45) is 7.77. The second kappa shape index (κ2) is 5.72. The summed E-state index contributed by atoms with van der Waals surface area (Å²) in [6, 6.07) is 0.927. The predicted molar refractivity (Wildman–Crippen MR) is 74.3 cm³/mol. The van der Waals surface area contributed by atoms with E-state index in [4.69, 9.17) is 5.11 Å². The van der Waals surface area contributed by atoms with Crippen LogP contribution in [0.5, 0.6) is 0 Å². The van der Waals surface area contributed by atoms with Gasteiger partial charge in [-0.2, -0.15) is 0 Å². The molecule has 3 fully saturated rings. The lowest BCUT2D eigenvalue weighted by Crippen LogP contribution is -2.45. The first kappa shape index (κ1) is 13.9. The molecule has 0 aromatic rings. The van der Waals surface area contributed by atoms with Crippen LogP contribution in [0.2, 0.25) is 0 Å². The molecule has 0 radical (unpaired) electrons. The van der Waals surface area contributed by atoms with Crippen molar-refractivity contribution in [3.63, 3.8) is 0 Å². The van der Waals surface area contributed by atoms with E-state index in [1.54, 1.807) is 0 Å². The van der Waals surface area contributed by atoms with Crippen molar-refractivity contribution in [2.75, 3.05) is 19.6 Å². The fourth-order valence-corrected chi connectivity index (χ4v) is 3.69. The molecule has 5 heteroatoms. The summed E-state index contributed by atoms with van der Waals surface area (Å²) in [6.45, 7) is 1.69. The number of carbonyl (C=O) groups is 2. The van der Waals surface area contributed by atoms with E-state index >= 15 is 0 Å². The minimum absolute atomic E-state index is 0.227. The van der Waals surface area contributed by atoms with E-state index in [2.05, 4.69) is 4.90 Å². The number of carbonyl (C=O) groups excluding carboxylic acids is 1. The first-order valence-electron chi connectivity index (χ1n) is 7.91. The normalized spacial score (nSPS) is 27.9. The van der Waals surface area contributed by atoms with Gasteiger partial charge in [-0.05, 0) is 38.6 Å². The van der Waals surface area contributed by atoms with Gasteiger partial charge in [0, 0.05) is 18.6 Å². The third-order valence-corrected chi connectivity index (χ3v) is 4.93. The number of likely N-dealkylation sites (tertiary alicyclic amines) is 1. The van der Waals surface area contributed by atoms with Crippen LogP contribution in [0.15, 0.2) is 0 Å². The van der Waals surface area contributed by atoms with Crippen LogP contribution in [0.1, 0.15) is 44.9 Å². The van der Waals surface area contributed by atoms with Crippen molar-refractivity contribution >= 4 is 11.9 Å². The first-order chi connectivity index (χ1) is 9.65. The number of carboxylic acid groups (broad SMARTS) is 1. The number of amides is 1. The van der Waals surface area contributed by atoms with Crippen LogP contribution in [-0.2, 0) is 9.59 Å². The maximum absolute atomic E-state index is 12.6. The zero-order valence-corrected chi connectivity index (χ0v) is 12.0. The van der Waals surface area contributed by atoms with Gasteiger partial charge >= 0.3 is 5.97 Å². The molecule has 0 aromatic carbocycles. The lowest BCUT2D eigenvalue weighted by atomic mass is 10.1. The van der Waals surface area contributed by atoms with Crippen LogP contribution >= 0.6 is 0 Å². The molecule has 5 nitrogen and oxygen atoms in total. The second-order valence-electron chi connectivity index (χ2n) is 6.53. The Morgan fingerprint density at radius 3 is 2.25 bits per heavy atom. The lowest BCUT2D eigenvalue weighted by molar-refractivity contribution is -0.142. The molecule has 3 rings (SSSR count). The van der Waals surface area contributed by atoms with Crippen molar-refractivity contribution in [1.82, 2.24) is 9.80 Å². The van der Waals surface area contributed by atoms with E-state index < -0.39 is 5.97 Å². The quantitative estimate of drug-likeness (QED) is 0.825. The average molecular weight is 280 g/mol. The van der Waals surface area contributed by atoms with E-state index in [9.17, 15) is 9.59 Å². The van der Waals surface area contributed by atoms with Crippen LogP contribution in [0.25, 0.3) is 0 Å². The van der Waals surface area contributed by atoms with Crippen molar-refractivity contribution in [2.24, 2.45) is 5.92 Å². The number of hydrogen-bond acceptors (Lipinski definition) is 3. The minimum atomic E-state index is -0.727. The van der Waals surface area contributed by atoms with Gasteiger partial charge in [0.2, 0.25) is 5.91 Å². The molecule has 0 aromatic heterocycles. The zero-order chi connectivity index (χ0) is 14.1. The van der Waals surface area contributed by atoms with Gasteiger partial charge in [-0.15, -0.1) is 0 Å². The average Bonchev–Trinajstić information content (AvgIpc) is 2.91. The molecule has 1 saturated heterocycles. The van der Waals surface area contributed by atoms with Gasteiger partial charge in [-0.3, -0.25) is 14.5 Å². The van der Waals surface area contributed by atoms with Gasteiger partial charge in [0.15, 0.2) is 0 Å². The molecule has 1 atom stereocenters. The summed E-state index contributed by atoms with van der Waals surface area (Å²) in [5.74, 6) is -0.788. The fourth-order valence-electron chi connectivity index (χ4n) is 3.69. The predicted octanol–water partition coefficient (Wildman–Crippen LogP) is 1.33. The maximum Gasteiger partial charge on any atom is 0.307 e. The highest BCUT2D eigenvalue weighted by Crippen LogP contribution is 2.34. The fraction of sp³-hybridized carbons (Fsp3) is 0.867. The molecule has 1 aliphatic heterocycles. The van der Waals surface area contributed by atoms with Gasteiger partial charge < -0.3 is 10.0 Å². The number of aliphatic carboxylic acids is 1. The Kier molecular flexibility index (Phi) is 3.96. The molecule has 112 valence electrons. The molecule has 0 bridgehead atoms. The summed E-state index contributed by atoms with van der Waals surface area (Å²) in [5.41, 5.74) is 0. The lowest BCUT2D eigenvalue weighted by Gasteiger charge is -2.30. The number of rotatable bonds is 5. The molecule has 2 aliphatic carbocycles. The number of nitrogens with zero attached hydrogens (tertiary/aromatic N) is 2. The molecule has 1 unspecified atom stereocenters. The van der Waals surface area contributed by atoms with Crippen molar-refractivity contribution in [1.29, 1.82) is 0 Å². The maximum atomic E-state index is 12.6. The molecule has 1 heterocycles. The smallest absolute Gasteiger partial charge is 0.307 e. The number of carboxylic acids is 1. The van der Waals surface area contributed by atoms with Crippen molar-refractivity contribution in [3.05, 3.63) is 0 Å². The van der Waals surface area contributed by atoms with Crippen molar-refractivity contribution in [3.8, 4) is 0 Å². The van der Waals surface area contributed by atoms with Gasteiger partial charge in [0.1, 0.15) is 0 Å². The minimum Gasteiger partial charge on any atom is -0.481 e. The Bertz CT molecular complexity index is 389. The molecular formula is C15H24N2O3. The van der Waals surface area contributed by atoms with E-state index in [-0.39, 0.29) is 11.8 Å². The summed E-state index contributed by atoms with van der Waals surface area (Å²) in [7, 11) is 0. The molecular weight excluding hydrogens is 256 g/mol. The van der Waals surface area contributed by atoms with E-state index in [1.807, 2.05) is 4.90 Å². The van der Waals surface area contributed by atoms with Gasteiger partial charge in [0.05, 0.1) is 12.5 Å². The molecule has 0 spiro atoms. The van der Waals surface area contributed by atoms with Gasteiger partial charge in [0.25, 0.3) is 0 Å². The van der Waals surface area contributed by atoms with Crippen molar-refractivity contribution in [2.45, 2.75) is 57.0 Å². The standard InChI is InChI=1S/C15H24N2O3/c18-14(10-16-8-7-11(9-16)15(19)20)17(13-5-6-13)12-3-1-2-4-12/h11-13H,1-10H2,(H,19,20). The molecule has 1 amide bonds. The Labute approximate surface area is 119 Å². The monoisotopic (exact) mass is 280 g/mol. The first-order valence-corrected chi connectivity index (χ1v) is 7.91. The Balaban J connectivity index is 1.56. The van der Waals surface area contributed by atoms with Crippen LogP contribution < -0.4 is 0 Å². The third kappa shape index (κ3) is 2.97. The molecule has 20 heavy (non-hydrogen) atoms. The van der Waals surface area contributed by atoms with Crippen LogP contribution in [0.4, 0.5) is 0 Å². The van der Waals surface area contributed by atoms with Crippen molar-refractivity contribution < 1.29 is 14.7 Å². The van der Waals surface area contributed by atoms with Crippen LogP contribution in [0.3, 0.4) is 0 Å². The summed E-state index contributed by atoms with van der Waals surface area (Å²) >= 11 is 0. The number of hydrogen-bond donors (Lipinski definition) is 1. The zero-order valence-electron chi connectivity index (χ0n) is 12.0.